The van der Waals surface area contributed by atoms with Crippen LogP contribution in [0.2, 0.25) is 0 Å². The highest BCUT2D eigenvalue weighted by atomic mass is 32.1. The van der Waals surface area contributed by atoms with E-state index in [1.54, 1.807) is 11.3 Å². The molecule has 8 heteroatoms. The normalized spacial score (nSPS) is 15.1. The van der Waals surface area contributed by atoms with Crippen molar-refractivity contribution in [1.29, 1.82) is 0 Å². The van der Waals surface area contributed by atoms with E-state index in [-0.39, 0.29) is 11.9 Å². The summed E-state index contributed by atoms with van der Waals surface area (Å²) in [5, 5.41) is 9.17. The number of rotatable bonds is 5. The van der Waals surface area contributed by atoms with Gasteiger partial charge in [-0.05, 0) is 25.3 Å². The van der Waals surface area contributed by atoms with Gasteiger partial charge in [0.05, 0.1) is 22.9 Å². The first-order valence-electron chi connectivity index (χ1n) is 9.54. The monoisotopic (exact) mass is 396 g/mol. The summed E-state index contributed by atoms with van der Waals surface area (Å²) in [6, 6.07) is 10.5. The first-order chi connectivity index (χ1) is 13.6. The molecule has 0 aliphatic carbocycles. The zero-order valence-electron chi connectivity index (χ0n) is 15.9. The van der Waals surface area contributed by atoms with Crippen LogP contribution in [0.5, 0.6) is 0 Å². The number of likely N-dealkylation sites (tertiary alicyclic amines) is 1. The van der Waals surface area contributed by atoms with Gasteiger partial charge in [-0.25, -0.2) is 9.67 Å². The SMILES string of the molecule is Cc1nc(C(=O)N2CCC(n3cc(CN)nn3)CC2)c(Cc2ccccc2)s1. The Morgan fingerprint density at radius 2 is 2.00 bits per heavy atom. The van der Waals surface area contributed by atoms with Gasteiger partial charge in [0.1, 0.15) is 5.69 Å². The molecule has 0 radical (unpaired) electrons. The minimum atomic E-state index is 0.0370. The Morgan fingerprint density at radius 1 is 1.25 bits per heavy atom. The molecule has 1 fully saturated rings. The Labute approximate surface area is 168 Å². The third-order valence-corrected chi connectivity index (χ3v) is 6.08. The van der Waals surface area contributed by atoms with Crippen LogP contribution >= 0.6 is 11.3 Å². The number of hydrogen-bond acceptors (Lipinski definition) is 6. The minimum absolute atomic E-state index is 0.0370. The quantitative estimate of drug-likeness (QED) is 0.716. The molecule has 3 aromatic rings. The Morgan fingerprint density at radius 3 is 2.68 bits per heavy atom. The Balaban J connectivity index is 1.44. The summed E-state index contributed by atoms with van der Waals surface area (Å²) in [4.78, 5) is 20.7. The number of nitrogens with zero attached hydrogens (tertiary/aromatic N) is 5. The highest BCUT2D eigenvalue weighted by molar-refractivity contribution is 7.11. The van der Waals surface area contributed by atoms with E-state index in [0.717, 1.165) is 34.8 Å². The molecule has 1 aromatic carbocycles. The van der Waals surface area contributed by atoms with Gasteiger partial charge in [0, 0.05) is 30.9 Å². The predicted octanol–water partition coefficient (Wildman–Crippen LogP) is 2.57. The Hall–Kier alpha value is -2.58. The van der Waals surface area contributed by atoms with Crippen LogP contribution in [-0.4, -0.2) is 43.9 Å². The van der Waals surface area contributed by atoms with Crippen molar-refractivity contribution in [1.82, 2.24) is 24.9 Å². The zero-order chi connectivity index (χ0) is 19.5. The van der Waals surface area contributed by atoms with E-state index in [1.807, 2.05) is 40.9 Å². The number of carbonyl (C=O) groups excluding carboxylic acids is 1. The van der Waals surface area contributed by atoms with Crippen LogP contribution in [0.1, 0.15) is 50.5 Å². The van der Waals surface area contributed by atoms with Gasteiger partial charge in [-0.2, -0.15) is 0 Å². The van der Waals surface area contributed by atoms with Crippen LogP contribution in [0.4, 0.5) is 0 Å². The molecule has 1 aliphatic heterocycles. The van der Waals surface area contributed by atoms with Crippen molar-refractivity contribution in [2.75, 3.05) is 13.1 Å². The molecule has 1 amide bonds. The van der Waals surface area contributed by atoms with Crippen molar-refractivity contribution in [3.63, 3.8) is 0 Å². The fraction of sp³-hybridized carbons (Fsp3) is 0.400. The highest BCUT2D eigenvalue weighted by Gasteiger charge is 2.28. The number of nitrogens with two attached hydrogens (primary N) is 1. The molecule has 0 spiro atoms. The molecule has 0 bridgehead atoms. The van der Waals surface area contributed by atoms with Crippen LogP contribution in [0.25, 0.3) is 0 Å². The molecule has 1 saturated heterocycles. The number of aryl methyl sites for hydroxylation is 1. The van der Waals surface area contributed by atoms with E-state index in [2.05, 4.69) is 27.4 Å². The van der Waals surface area contributed by atoms with Crippen molar-refractivity contribution >= 4 is 17.2 Å². The van der Waals surface area contributed by atoms with Gasteiger partial charge in [-0.3, -0.25) is 4.79 Å². The lowest BCUT2D eigenvalue weighted by Gasteiger charge is -2.31. The fourth-order valence-electron chi connectivity index (χ4n) is 3.61. The molecule has 2 aromatic heterocycles. The zero-order valence-corrected chi connectivity index (χ0v) is 16.7. The molecule has 0 atom stereocenters. The van der Waals surface area contributed by atoms with Crippen molar-refractivity contribution in [2.24, 2.45) is 5.73 Å². The lowest BCUT2D eigenvalue weighted by Crippen LogP contribution is -2.39. The first-order valence-corrected chi connectivity index (χ1v) is 10.4. The first kappa shape index (κ1) is 18.8. The number of benzene rings is 1. The number of piperidine rings is 1. The van der Waals surface area contributed by atoms with E-state index in [0.29, 0.717) is 25.3 Å². The summed E-state index contributed by atoms with van der Waals surface area (Å²) < 4.78 is 1.89. The smallest absolute Gasteiger partial charge is 0.273 e. The van der Waals surface area contributed by atoms with Gasteiger partial charge in [0.2, 0.25) is 0 Å². The van der Waals surface area contributed by atoms with Crippen molar-refractivity contribution < 1.29 is 4.79 Å². The molecule has 3 heterocycles. The second-order valence-corrected chi connectivity index (χ2v) is 8.37. The average Bonchev–Trinajstić information content (AvgIpc) is 3.35. The van der Waals surface area contributed by atoms with Gasteiger partial charge in [-0.15, -0.1) is 16.4 Å². The van der Waals surface area contributed by atoms with Crippen LogP contribution in [0.3, 0.4) is 0 Å². The van der Waals surface area contributed by atoms with Crippen LogP contribution < -0.4 is 5.73 Å². The summed E-state index contributed by atoms with van der Waals surface area (Å²) in [5.74, 6) is 0.0370. The Bertz CT molecular complexity index is 943. The van der Waals surface area contributed by atoms with Crippen LogP contribution in [0.15, 0.2) is 36.5 Å². The molecule has 4 rings (SSSR count). The molecular formula is C20H24N6OS. The summed E-state index contributed by atoms with van der Waals surface area (Å²) in [6.45, 7) is 3.75. The molecule has 7 nitrogen and oxygen atoms in total. The van der Waals surface area contributed by atoms with Gasteiger partial charge >= 0.3 is 0 Å². The third kappa shape index (κ3) is 3.98. The van der Waals surface area contributed by atoms with Crippen molar-refractivity contribution in [3.8, 4) is 0 Å². The minimum Gasteiger partial charge on any atom is -0.337 e. The maximum absolute atomic E-state index is 13.1. The summed E-state index contributed by atoms with van der Waals surface area (Å²) in [7, 11) is 0. The third-order valence-electron chi connectivity index (χ3n) is 5.11. The maximum Gasteiger partial charge on any atom is 0.273 e. The molecule has 2 N–H and O–H groups in total. The van der Waals surface area contributed by atoms with Gasteiger partial charge in [-0.1, -0.05) is 35.5 Å². The second-order valence-electron chi connectivity index (χ2n) is 7.08. The standard InChI is InChI=1S/C20H24N6OS/c1-14-22-19(18(28-14)11-15-5-3-2-4-6-15)20(27)25-9-7-17(8-10-25)26-13-16(12-21)23-24-26/h2-6,13,17H,7-12,21H2,1H3. The molecular weight excluding hydrogens is 372 g/mol. The number of thiazole rings is 1. The number of aromatic nitrogens is 4. The fourth-order valence-corrected chi connectivity index (χ4v) is 4.57. The summed E-state index contributed by atoms with van der Waals surface area (Å²) in [6.07, 6.45) is 4.36. The van der Waals surface area contributed by atoms with Gasteiger partial charge < -0.3 is 10.6 Å². The molecule has 1 aliphatic rings. The van der Waals surface area contributed by atoms with E-state index in [1.165, 1.54) is 5.56 Å². The largest absolute Gasteiger partial charge is 0.337 e. The average molecular weight is 397 g/mol. The lowest BCUT2D eigenvalue weighted by molar-refractivity contribution is 0.0683. The van der Waals surface area contributed by atoms with Crippen LogP contribution in [0, 0.1) is 6.92 Å². The summed E-state index contributed by atoms with van der Waals surface area (Å²) >= 11 is 1.61. The van der Waals surface area contributed by atoms with E-state index in [4.69, 9.17) is 5.73 Å². The Kier molecular flexibility index (Phi) is 5.50. The number of carbonyl (C=O) groups is 1. The summed E-state index contributed by atoms with van der Waals surface area (Å²) in [5.41, 5.74) is 8.21. The van der Waals surface area contributed by atoms with Gasteiger partial charge in [0.25, 0.3) is 5.91 Å². The number of amides is 1. The van der Waals surface area contributed by atoms with E-state index in [9.17, 15) is 4.79 Å². The molecule has 146 valence electrons. The molecule has 28 heavy (non-hydrogen) atoms. The van der Waals surface area contributed by atoms with Gasteiger partial charge in [0.15, 0.2) is 0 Å². The topological polar surface area (TPSA) is 89.9 Å². The maximum atomic E-state index is 13.1. The van der Waals surface area contributed by atoms with Crippen LogP contribution in [-0.2, 0) is 13.0 Å². The van der Waals surface area contributed by atoms with E-state index >= 15 is 0 Å². The second kappa shape index (κ2) is 8.20. The number of hydrogen-bond donors (Lipinski definition) is 1. The van der Waals surface area contributed by atoms with E-state index < -0.39 is 0 Å². The molecule has 0 saturated carbocycles. The lowest BCUT2D eigenvalue weighted by atomic mass is 10.0. The molecule has 0 unspecified atom stereocenters. The van der Waals surface area contributed by atoms with Crippen molar-refractivity contribution in [3.05, 3.63) is 63.4 Å². The predicted molar refractivity (Wildman–Crippen MR) is 108 cm³/mol. The highest BCUT2D eigenvalue weighted by Crippen LogP contribution is 2.26. The van der Waals surface area contributed by atoms with Crippen molar-refractivity contribution in [2.45, 2.75) is 38.8 Å².